The summed E-state index contributed by atoms with van der Waals surface area (Å²) >= 11 is 1.66. The maximum absolute atomic E-state index is 11.4. The summed E-state index contributed by atoms with van der Waals surface area (Å²) in [6.45, 7) is 1.98. The number of carbonyl (C=O) groups excluding carboxylic acids is 1. The standard InChI is InChI=1S/C16H13NO3S/c1-10-17-14-9-13(7-8-15(14)21-10)20-12-5-3-11(4-6-12)16(18)19-2/h3-9H,1-2H3. The number of nitrogens with zero attached hydrogens (tertiary/aromatic N) is 1. The number of hydrogen-bond donors (Lipinski definition) is 0. The van der Waals surface area contributed by atoms with Crippen LogP contribution in [-0.4, -0.2) is 18.1 Å². The van der Waals surface area contributed by atoms with Crippen LogP contribution in [0.15, 0.2) is 42.5 Å². The Bertz CT molecular complexity index is 793. The van der Waals surface area contributed by atoms with E-state index in [4.69, 9.17) is 4.74 Å². The number of thiazole rings is 1. The molecule has 106 valence electrons. The number of methoxy groups -OCH3 is 1. The van der Waals surface area contributed by atoms with E-state index in [0.29, 0.717) is 11.3 Å². The third kappa shape index (κ3) is 2.87. The van der Waals surface area contributed by atoms with Gasteiger partial charge in [-0.2, -0.15) is 0 Å². The van der Waals surface area contributed by atoms with Crippen molar-refractivity contribution in [2.45, 2.75) is 6.92 Å². The van der Waals surface area contributed by atoms with Gasteiger partial charge in [0.25, 0.3) is 0 Å². The fourth-order valence-corrected chi connectivity index (χ4v) is 2.81. The van der Waals surface area contributed by atoms with Crippen LogP contribution in [0.5, 0.6) is 11.5 Å². The van der Waals surface area contributed by atoms with Crippen LogP contribution in [0.25, 0.3) is 10.2 Å². The number of benzene rings is 2. The molecule has 3 rings (SSSR count). The first-order valence-electron chi connectivity index (χ1n) is 6.39. The summed E-state index contributed by atoms with van der Waals surface area (Å²) < 4.78 is 11.6. The number of rotatable bonds is 3. The molecule has 5 heteroatoms. The largest absolute Gasteiger partial charge is 0.465 e. The molecule has 0 saturated heterocycles. The van der Waals surface area contributed by atoms with Crippen LogP contribution in [0.3, 0.4) is 0 Å². The monoisotopic (exact) mass is 299 g/mol. The highest BCUT2D eigenvalue weighted by atomic mass is 32.1. The van der Waals surface area contributed by atoms with Crippen LogP contribution >= 0.6 is 11.3 Å². The predicted molar refractivity (Wildman–Crippen MR) is 82.2 cm³/mol. The van der Waals surface area contributed by atoms with Gasteiger partial charge in [0.15, 0.2) is 0 Å². The lowest BCUT2D eigenvalue weighted by atomic mass is 10.2. The van der Waals surface area contributed by atoms with E-state index in [0.717, 1.165) is 21.0 Å². The Morgan fingerprint density at radius 3 is 2.52 bits per heavy atom. The van der Waals surface area contributed by atoms with Gasteiger partial charge >= 0.3 is 5.97 Å². The minimum Gasteiger partial charge on any atom is -0.465 e. The number of aromatic nitrogens is 1. The number of hydrogen-bond acceptors (Lipinski definition) is 5. The molecule has 1 aromatic heterocycles. The van der Waals surface area contributed by atoms with Crippen molar-refractivity contribution in [2.75, 3.05) is 7.11 Å². The molecule has 2 aromatic carbocycles. The second-order valence-corrected chi connectivity index (χ2v) is 5.72. The minimum atomic E-state index is -0.360. The first-order valence-corrected chi connectivity index (χ1v) is 7.21. The lowest BCUT2D eigenvalue weighted by Crippen LogP contribution is -2.00. The maximum atomic E-state index is 11.4. The molecule has 0 spiro atoms. The van der Waals surface area contributed by atoms with Gasteiger partial charge in [-0.1, -0.05) is 0 Å². The number of esters is 1. The summed E-state index contributed by atoms with van der Waals surface area (Å²) in [5, 5.41) is 1.03. The van der Waals surface area contributed by atoms with Crippen molar-refractivity contribution in [1.82, 2.24) is 4.98 Å². The molecular weight excluding hydrogens is 286 g/mol. The van der Waals surface area contributed by atoms with Crippen molar-refractivity contribution in [2.24, 2.45) is 0 Å². The van der Waals surface area contributed by atoms with Crippen LogP contribution in [0.2, 0.25) is 0 Å². The van der Waals surface area contributed by atoms with Crippen LogP contribution in [0, 0.1) is 6.92 Å². The smallest absolute Gasteiger partial charge is 0.337 e. The van der Waals surface area contributed by atoms with E-state index in [-0.39, 0.29) is 5.97 Å². The van der Waals surface area contributed by atoms with Crippen LogP contribution in [0.4, 0.5) is 0 Å². The predicted octanol–water partition coefficient (Wildman–Crippen LogP) is 4.18. The molecule has 3 aromatic rings. The van der Waals surface area contributed by atoms with E-state index in [2.05, 4.69) is 9.72 Å². The van der Waals surface area contributed by atoms with Gasteiger partial charge in [0.05, 0.1) is 27.9 Å². The van der Waals surface area contributed by atoms with Gasteiger partial charge in [0.1, 0.15) is 11.5 Å². The normalized spacial score (nSPS) is 10.6. The minimum absolute atomic E-state index is 0.360. The lowest BCUT2D eigenvalue weighted by molar-refractivity contribution is 0.0600. The van der Waals surface area contributed by atoms with Gasteiger partial charge in [-0.15, -0.1) is 11.3 Å². The molecule has 0 unspecified atom stereocenters. The fourth-order valence-electron chi connectivity index (χ4n) is 2.00. The summed E-state index contributed by atoms with van der Waals surface area (Å²) in [5.74, 6) is 1.02. The first-order chi connectivity index (χ1) is 10.2. The number of aryl methyl sites for hydroxylation is 1. The molecule has 21 heavy (non-hydrogen) atoms. The van der Waals surface area contributed by atoms with E-state index in [1.54, 1.807) is 35.6 Å². The topological polar surface area (TPSA) is 48.4 Å². The van der Waals surface area contributed by atoms with Crippen molar-refractivity contribution in [3.8, 4) is 11.5 Å². The van der Waals surface area contributed by atoms with Gasteiger partial charge in [0.2, 0.25) is 0 Å². The van der Waals surface area contributed by atoms with Crippen LogP contribution < -0.4 is 4.74 Å². The highest BCUT2D eigenvalue weighted by Gasteiger charge is 2.06. The maximum Gasteiger partial charge on any atom is 0.337 e. The average molecular weight is 299 g/mol. The van der Waals surface area contributed by atoms with E-state index in [1.165, 1.54) is 7.11 Å². The molecule has 0 N–H and O–H groups in total. The molecule has 0 aliphatic carbocycles. The Hall–Kier alpha value is -2.40. The summed E-state index contributed by atoms with van der Waals surface area (Å²) in [5.41, 5.74) is 1.43. The summed E-state index contributed by atoms with van der Waals surface area (Å²) in [4.78, 5) is 15.8. The quantitative estimate of drug-likeness (QED) is 0.681. The first kappa shape index (κ1) is 13.6. The van der Waals surface area contributed by atoms with Crippen molar-refractivity contribution >= 4 is 27.5 Å². The summed E-state index contributed by atoms with van der Waals surface area (Å²) in [6, 6.07) is 12.6. The zero-order chi connectivity index (χ0) is 14.8. The van der Waals surface area contributed by atoms with Crippen molar-refractivity contribution in [1.29, 1.82) is 0 Å². The third-order valence-corrected chi connectivity index (χ3v) is 3.93. The molecule has 4 nitrogen and oxygen atoms in total. The zero-order valence-corrected chi connectivity index (χ0v) is 12.4. The van der Waals surface area contributed by atoms with E-state index >= 15 is 0 Å². The molecule has 1 heterocycles. The van der Waals surface area contributed by atoms with Gasteiger partial charge in [-0.05, 0) is 43.3 Å². The Labute approximate surface area is 126 Å². The van der Waals surface area contributed by atoms with Crippen molar-refractivity contribution in [3.05, 3.63) is 53.0 Å². The summed E-state index contributed by atoms with van der Waals surface area (Å²) in [6.07, 6.45) is 0. The third-order valence-electron chi connectivity index (χ3n) is 2.98. The van der Waals surface area contributed by atoms with Crippen LogP contribution in [0.1, 0.15) is 15.4 Å². The van der Waals surface area contributed by atoms with Crippen molar-refractivity contribution in [3.63, 3.8) is 0 Å². The van der Waals surface area contributed by atoms with Gasteiger partial charge in [-0.25, -0.2) is 9.78 Å². The molecule has 0 aliphatic rings. The molecule has 0 atom stereocenters. The molecule has 0 fully saturated rings. The number of fused-ring (bicyclic) bond motifs is 1. The molecular formula is C16H13NO3S. The second-order valence-electron chi connectivity index (χ2n) is 4.48. The zero-order valence-electron chi connectivity index (χ0n) is 11.6. The number of carbonyl (C=O) groups is 1. The summed E-state index contributed by atoms with van der Waals surface area (Å²) in [7, 11) is 1.36. The SMILES string of the molecule is COC(=O)c1ccc(Oc2ccc3sc(C)nc3c2)cc1. The molecule has 0 bridgehead atoms. The van der Waals surface area contributed by atoms with E-state index in [1.807, 2.05) is 25.1 Å². The highest BCUT2D eigenvalue weighted by molar-refractivity contribution is 7.18. The lowest BCUT2D eigenvalue weighted by Gasteiger charge is -2.06. The second kappa shape index (κ2) is 5.54. The fraction of sp³-hybridized carbons (Fsp3) is 0.125. The molecule has 0 amide bonds. The Morgan fingerprint density at radius 1 is 1.10 bits per heavy atom. The Balaban J connectivity index is 1.82. The molecule has 0 aliphatic heterocycles. The van der Waals surface area contributed by atoms with E-state index < -0.39 is 0 Å². The highest BCUT2D eigenvalue weighted by Crippen LogP contribution is 2.28. The average Bonchev–Trinajstić information content (AvgIpc) is 2.86. The van der Waals surface area contributed by atoms with Gasteiger partial charge in [-0.3, -0.25) is 0 Å². The Morgan fingerprint density at radius 2 is 1.81 bits per heavy atom. The van der Waals surface area contributed by atoms with Gasteiger partial charge in [0, 0.05) is 6.07 Å². The van der Waals surface area contributed by atoms with E-state index in [9.17, 15) is 4.79 Å². The van der Waals surface area contributed by atoms with Crippen LogP contribution in [-0.2, 0) is 4.74 Å². The van der Waals surface area contributed by atoms with Crippen molar-refractivity contribution < 1.29 is 14.3 Å². The molecule has 0 radical (unpaired) electrons. The Kier molecular flexibility index (Phi) is 3.58. The van der Waals surface area contributed by atoms with Gasteiger partial charge < -0.3 is 9.47 Å². The molecule has 0 saturated carbocycles. The number of ether oxygens (including phenoxy) is 2.